The average Bonchev–Trinajstić information content (AvgIpc) is 2.89. The molecule has 1 atom stereocenters. The van der Waals surface area contributed by atoms with E-state index in [-0.39, 0.29) is 11.7 Å². The van der Waals surface area contributed by atoms with Crippen LogP contribution in [0.3, 0.4) is 0 Å². The van der Waals surface area contributed by atoms with Crippen molar-refractivity contribution in [3.8, 4) is 0 Å². The van der Waals surface area contributed by atoms with Crippen molar-refractivity contribution in [3.63, 3.8) is 0 Å². The van der Waals surface area contributed by atoms with Gasteiger partial charge in [-0.15, -0.1) is 10.2 Å². The zero-order valence-corrected chi connectivity index (χ0v) is 14.8. The highest BCUT2D eigenvalue weighted by Crippen LogP contribution is 2.27. The van der Waals surface area contributed by atoms with E-state index < -0.39 is 10.0 Å². The number of halogens is 1. The van der Waals surface area contributed by atoms with Gasteiger partial charge in [0.15, 0.2) is 0 Å². The highest BCUT2D eigenvalue weighted by molar-refractivity contribution is 7.92. The fourth-order valence-corrected chi connectivity index (χ4v) is 4.57. The van der Waals surface area contributed by atoms with Gasteiger partial charge in [-0.3, -0.25) is 4.72 Å². The Labute approximate surface area is 139 Å². The fourth-order valence-electron chi connectivity index (χ4n) is 2.02. The summed E-state index contributed by atoms with van der Waals surface area (Å²) in [5, 5.41) is 9.55. The maximum atomic E-state index is 12.2. The van der Waals surface area contributed by atoms with Crippen LogP contribution in [0.25, 0.3) is 0 Å². The highest BCUT2D eigenvalue weighted by Gasteiger charge is 2.18. The maximum absolute atomic E-state index is 12.2. The number of benzene rings is 1. The maximum Gasteiger partial charge on any atom is 0.238 e. The molecular formula is C14H18ClN3O2S2. The van der Waals surface area contributed by atoms with Crippen molar-refractivity contribution in [2.24, 2.45) is 0 Å². The van der Waals surface area contributed by atoms with E-state index in [1.807, 2.05) is 0 Å². The molecule has 1 unspecified atom stereocenters. The highest BCUT2D eigenvalue weighted by atomic mass is 35.5. The van der Waals surface area contributed by atoms with Gasteiger partial charge in [0.1, 0.15) is 5.01 Å². The minimum atomic E-state index is -3.56. The van der Waals surface area contributed by atoms with Gasteiger partial charge in [0.2, 0.25) is 15.2 Å². The van der Waals surface area contributed by atoms with Crippen LogP contribution in [-0.2, 0) is 15.8 Å². The number of nitrogens with zero attached hydrogens (tertiary/aromatic N) is 2. The summed E-state index contributed by atoms with van der Waals surface area (Å²) < 4.78 is 26.9. The lowest BCUT2D eigenvalue weighted by Gasteiger charge is -2.06. The van der Waals surface area contributed by atoms with Crippen LogP contribution >= 0.6 is 22.9 Å². The van der Waals surface area contributed by atoms with E-state index in [1.54, 1.807) is 24.3 Å². The molecule has 0 amide bonds. The molecule has 0 aliphatic rings. The number of rotatable bonds is 7. The quantitative estimate of drug-likeness (QED) is 0.809. The SMILES string of the molecule is CCCC(C)c1nnc(NS(=O)(=O)Cc2ccccc2Cl)s1. The lowest BCUT2D eigenvalue weighted by atomic mass is 10.1. The number of anilines is 1. The van der Waals surface area contributed by atoms with E-state index in [1.165, 1.54) is 11.3 Å². The second-order valence-electron chi connectivity index (χ2n) is 5.09. The summed E-state index contributed by atoms with van der Waals surface area (Å²) in [5.41, 5.74) is 0.556. The molecule has 1 N–H and O–H groups in total. The van der Waals surface area contributed by atoms with Crippen molar-refractivity contribution in [2.45, 2.75) is 38.4 Å². The van der Waals surface area contributed by atoms with Crippen LogP contribution in [0.2, 0.25) is 5.02 Å². The molecule has 0 bridgehead atoms. The normalized spacial score (nSPS) is 13.0. The first-order valence-corrected chi connectivity index (χ1v) is 9.83. The van der Waals surface area contributed by atoms with Crippen LogP contribution in [0.1, 0.15) is 43.2 Å². The number of nitrogens with one attached hydrogen (secondary N) is 1. The molecule has 1 heterocycles. The predicted octanol–water partition coefficient (Wildman–Crippen LogP) is 4.04. The number of hydrogen-bond donors (Lipinski definition) is 1. The van der Waals surface area contributed by atoms with Gasteiger partial charge in [-0.2, -0.15) is 0 Å². The Kier molecular flexibility index (Phi) is 5.77. The van der Waals surface area contributed by atoms with Crippen LogP contribution in [0.15, 0.2) is 24.3 Å². The molecule has 0 fully saturated rings. The molecule has 0 saturated heterocycles. The second kappa shape index (κ2) is 7.39. The zero-order chi connectivity index (χ0) is 16.2. The number of aromatic nitrogens is 2. The van der Waals surface area contributed by atoms with Gasteiger partial charge in [-0.25, -0.2) is 8.42 Å². The molecule has 8 heteroatoms. The molecular weight excluding hydrogens is 342 g/mol. The molecule has 5 nitrogen and oxygen atoms in total. The van der Waals surface area contributed by atoms with Gasteiger partial charge in [0, 0.05) is 10.9 Å². The van der Waals surface area contributed by atoms with Crippen molar-refractivity contribution in [2.75, 3.05) is 4.72 Å². The van der Waals surface area contributed by atoms with Crippen LogP contribution in [0.4, 0.5) is 5.13 Å². The predicted molar refractivity (Wildman–Crippen MR) is 90.9 cm³/mol. The lowest BCUT2D eigenvalue weighted by Crippen LogP contribution is -2.15. The third-order valence-corrected chi connectivity index (χ3v) is 5.89. The Morgan fingerprint density at radius 1 is 1.32 bits per heavy atom. The summed E-state index contributed by atoms with van der Waals surface area (Å²) in [7, 11) is -3.56. The minimum Gasteiger partial charge on any atom is -0.257 e. The van der Waals surface area contributed by atoms with Gasteiger partial charge < -0.3 is 0 Å². The first-order valence-electron chi connectivity index (χ1n) is 6.98. The van der Waals surface area contributed by atoms with E-state index in [2.05, 4.69) is 28.8 Å². The standard InChI is InChI=1S/C14H18ClN3O2S2/c1-3-6-10(2)13-16-17-14(21-13)18-22(19,20)9-11-7-4-5-8-12(11)15/h4-5,7-8,10H,3,6,9H2,1-2H3,(H,17,18). The van der Waals surface area contributed by atoms with Gasteiger partial charge in [-0.1, -0.05) is 61.4 Å². The molecule has 2 aromatic rings. The number of sulfonamides is 1. The van der Waals surface area contributed by atoms with E-state index in [9.17, 15) is 8.42 Å². The van der Waals surface area contributed by atoms with Crippen LogP contribution < -0.4 is 4.72 Å². The summed E-state index contributed by atoms with van der Waals surface area (Å²) in [6, 6.07) is 6.88. The molecule has 1 aromatic heterocycles. The Morgan fingerprint density at radius 2 is 2.05 bits per heavy atom. The monoisotopic (exact) mass is 359 g/mol. The van der Waals surface area contributed by atoms with Crippen LogP contribution in [-0.4, -0.2) is 18.6 Å². The fraction of sp³-hybridized carbons (Fsp3) is 0.429. The Hall–Kier alpha value is -1.18. The third kappa shape index (κ3) is 4.66. The topological polar surface area (TPSA) is 72.0 Å². The first-order chi connectivity index (χ1) is 10.4. The molecule has 0 aliphatic carbocycles. The molecule has 2 rings (SSSR count). The molecule has 120 valence electrons. The van der Waals surface area contributed by atoms with Crippen molar-refractivity contribution in [1.29, 1.82) is 0 Å². The van der Waals surface area contributed by atoms with Crippen molar-refractivity contribution < 1.29 is 8.42 Å². The molecule has 22 heavy (non-hydrogen) atoms. The minimum absolute atomic E-state index is 0.188. The zero-order valence-electron chi connectivity index (χ0n) is 12.4. The third-order valence-electron chi connectivity index (χ3n) is 3.13. The van der Waals surface area contributed by atoms with Crippen molar-refractivity contribution >= 4 is 38.1 Å². The van der Waals surface area contributed by atoms with Gasteiger partial charge in [0.05, 0.1) is 5.75 Å². The Morgan fingerprint density at radius 3 is 2.73 bits per heavy atom. The largest absolute Gasteiger partial charge is 0.257 e. The molecule has 0 aliphatic heterocycles. The van der Waals surface area contributed by atoms with Gasteiger partial charge >= 0.3 is 0 Å². The summed E-state index contributed by atoms with van der Waals surface area (Å²) in [6.07, 6.45) is 2.05. The summed E-state index contributed by atoms with van der Waals surface area (Å²) >= 11 is 7.27. The molecule has 0 radical (unpaired) electrons. The smallest absolute Gasteiger partial charge is 0.238 e. The van der Waals surface area contributed by atoms with Crippen molar-refractivity contribution in [1.82, 2.24) is 10.2 Å². The van der Waals surface area contributed by atoms with E-state index in [0.717, 1.165) is 17.8 Å². The Balaban J connectivity index is 2.08. The van der Waals surface area contributed by atoms with Crippen molar-refractivity contribution in [3.05, 3.63) is 39.9 Å². The molecule has 1 aromatic carbocycles. The summed E-state index contributed by atoms with van der Waals surface area (Å²) in [5.74, 6) is 0.0934. The molecule has 0 saturated carbocycles. The number of hydrogen-bond acceptors (Lipinski definition) is 5. The van der Waals surface area contributed by atoms with E-state index in [4.69, 9.17) is 11.6 Å². The summed E-state index contributed by atoms with van der Waals surface area (Å²) in [6.45, 7) is 4.16. The van der Waals surface area contributed by atoms with E-state index >= 15 is 0 Å². The van der Waals surface area contributed by atoms with Gasteiger partial charge in [-0.05, 0) is 18.1 Å². The molecule has 0 spiro atoms. The lowest BCUT2D eigenvalue weighted by molar-refractivity contribution is 0.600. The second-order valence-corrected chi connectivity index (χ2v) is 8.23. The average molecular weight is 360 g/mol. The first kappa shape index (κ1) is 17.2. The summed E-state index contributed by atoms with van der Waals surface area (Å²) in [4.78, 5) is 0. The van der Waals surface area contributed by atoms with Crippen LogP contribution in [0.5, 0.6) is 0 Å². The Bertz CT molecular complexity index is 731. The van der Waals surface area contributed by atoms with Crippen LogP contribution in [0, 0.1) is 0 Å². The van der Waals surface area contributed by atoms with Gasteiger partial charge in [0.25, 0.3) is 0 Å². The van der Waals surface area contributed by atoms with E-state index in [0.29, 0.717) is 15.7 Å².